The Balaban J connectivity index is 1.74. The standard InChI is InChI=1S/C39H60N8O8/c1-2-3-15-41-38(54)33(40)10-7-16-42-39(55)34(25-30-11-13-32(14-12-30)31-8-5-4-6-9-31)43-29-47-23-21-45(27-36(50)51)19-17-44(26-35(48)49)18-20-46(22-24-47)28-37(52)53/h4-6,8-9,11-14,33-34,43H,2-3,7,10,15-29,40H2,1H3,(H,41,54)(H,42,55)(H,48,49)(H,50,51)(H,52,53)/t33-,34-/m1/s1. The van der Waals surface area contributed by atoms with E-state index in [-0.39, 0.29) is 38.1 Å². The van der Waals surface area contributed by atoms with Gasteiger partial charge in [-0.3, -0.25) is 48.9 Å². The summed E-state index contributed by atoms with van der Waals surface area (Å²) in [4.78, 5) is 68.2. The number of carboxylic acids is 3. The van der Waals surface area contributed by atoms with Gasteiger partial charge in [-0.1, -0.05) is 67.9 Å². The lowest BCUT2D eigenvalue weighted by Crippen LogP contribution is -2.53. The molecule has 0 aromatic heterocycles. The van der Waals surface area contributed by atoms with E-state index in [1.165, 1.54) is 0 Å². The van der Waals surface area contributed by atoms with Gasteiger partial charge in [-0.15, -0.1) is 0 Å². The minimum atomic E-state index is -1.02. The number of carbonyl (C=O) groups is 5. The van der Waals surface area contributed by atoms with Crippen LogP contribution in [0.15, 0.2) is 54.6 Å². The predicted octanol–water partition coefficient (Wildman–Crippen LogP) is 0.427. The summed E-state index contributed by atoms with van der Waals surface area (Å²) in [6.07, 6.45) is 3.15. The van der Waals surface area contributed by atoms with E-state index >= 15 is 0 Å². The Kier molecular flexibility index (Phi) is 20.3. The molecule has 1 saturated heterocycles. The number of nitrogens with one attached hydrogen (secondary N) is 3. The molecule has 55 heavy (non-hydrogen) atoms. The zero-order valence-electron chi connectivity index (χ0n) is 32.0. The molecule has 16 nitrogen and oxygen atoms in total. The predicted molar refractivity (Wildman–Crippen MR) is 209 cm³/mol. The summed E-state index contributed by atoms with van der Waals surface area (Å²) in [5.74, 6) is -3.44. The van der Waals surface area contributed by atoms with Gasteiger partial charge in [-0.25, -0.2) is 0 Å². The number of unbranched alkanes of at least 4 members (excludes halogenated alkanes) is 1. The van der Waals surface area contributed by atoms with Gasteiger partial charge in [0.25, 0.3) is 0 Å². The van der Waals surface area contributed by atoms with Crippen molar-refractivity contribution in [1.82, 2.24) is 35.6 Å². The molecule has 0 unspecified atom stereocenters. The zero-order valence-corrected chi connectivity index (χ0v) is 32.0. The van der Waals surface area contributed by atoms with Crippen LogP contribution in [0.4, 0.5) is 0 Å². The normalized spacial score (nSPS) is 16.6. The lowest BCUT2D eigenvalue weighted by Gasteiger charge is -2.33. The van der Waals surface area contributed by atoms with E-state index in [1.54, 1.807) is 14.7 Å². The van der Waals surface area contributed by atoms with E-state index in [9.17, 15) is 39.3 Å². The van der Waals surface area contributed by atoms with Gasteiger partial charge in [-0.05, 0) is 42.4 Å². The molecular formula is C39H60N8O8. The molecule has 3 rings (SSSR count). The second-order valence-electron chi connectivity index (χ2n) is 14.0. The van der Waals surface area contributed by atoms with Crippen LogP contribution in [-0.4, -0.2) is 168 Å². The van der Waals surface area contributed by atoms with Crippen molar-refractivity contribution in [1.29, 1.82) is 0 Å². The van der Waals surface area contributed by atoms with Gasteiger partial charge in [0.05, 0.1) is 31.7 Å². The molecule has 0 radical (unpaired) electrons. The number of carboxylic acid groups (broad SMARTS) is 3. The summed E-state index contributed by atoms with van der Waals surface area (Å²) in [5.41, 5.74) is 9.16. The second-order valence-corrected chi connectivity index (χ2v) is 14.0. The molecular weight excluding hydrogens is 708 g/mol. The summed E-state index contributed by atoms with van der Waals surface area (Å²) in [6.45, 7) is 5.32. The smallest absolute Gasteiger partial charge is 0.317 e. The summed E-state index contributed by atoms with van der Waals surface area (Å²) in [6, 6.07) is 16.7. The van der Waals surface area contributed by atoms with E-state index in [0.717, 1.165) is 29.5 Å². The first-order valence-corrected chi connectivity index (χ1v) is 19.2. The minimum Gasteiger partial charge on any atom is -0.480 e. The van der Waals surface area contributed by atoms with E-state index in [4.69, 9.17) is 5.73 Å². The Hall–Kier alpha value is -4.45. The van der Waals surface area contributed by atoms with Crippen LogP contribution < -0.4 is 21.7 Å². The Morgan fingerprint density at radius 1 is 0.636 bits per heavy atom. The first-order chi connectivity index (χ1) is 26.4. The van der Waals surface area contributed by atoms with Crippen molar-refractivity contribution < 1.29 is 39.3 Å². The number of rotatable bonds is 21. The van der Waals surface area contributed by atoms with Gasteiger partial charge in [0.2, 0.25) is 11.8 Å². The SMILES string of the molecule is CCCCNC(=O)[C@H](N)CCCNC(=O)[C@@H](Cc1ccc(-c2ccccc2)cc1)NCN1CCN(CC(=O)O)CCN(CC(=O)O)CCN(CC(=O)O)CC1. The molecule has 304 valence electrons. The highest BCUT2D eigenvalue weighted by Gasteiger charge is 2.23. The summed E-state index contributed by atoms with van der Waals surface area (Å²) < 4.78 is 0. The molecule has 16 heteroatoms. The molecule has 0 aliphatic carbocycles. The quantitative estimate of drug-likeness (QED) is 0.0857. The van der Waals surface area contributed by atoms with Crippen molar-refractivity contribution in [3.05, 3.63) is 60.2 Å². The highest BCUT2D eigenvalue weighted by atomic mass is 16.4. The van der Waals surface area contributed by atoms with Crippen molar-refractivity contribution in [3.8, 4) is 11.1 Å². The molecule has 0 bridgehead atoms. The number of carbonyl (C=O) groups excluding carboxylic acids is 2. The second kappa shape index (κ2) is 24.9. The number of hydrogen-bond acceptors (Lipinski definition) is 11. The van der Waals surface area contributed by atoms with Crippen molar-refractivity contribution in [2.45, 2.75) is 51.1 Å². The molecule has 0 spiro atoms. The molecule has 2 amide bonds. The van der Waals surface area contributed by atoms with Gasteiger partial charge < -0.3 is 31.7 Å². The molecule has 8 N–H and O–H groups in total. The first kappa shape index (κ1) is 44.9. The fourth-order valence-electron chi connectivity index (χ4n) is 6.29. The highest BCUT2D eigenvalue weighted by Crippen LogP contribution is 2.20. The highest BCUT2D eigenvalue weighted by molar-refractivity contribution is 5.82. The fraction of sp³-hybridized carbons (Fsp3) is 0.564. The van der Waals surface area contributed by atoms with Crippen LogP contribution in [0, 0.1) is 0 Å². The van der Waals surface area contributed by atoms with Crippen LogP contribution in [0.1, 0.15) is 38.2 Å². The number of aliphatic carboxylic acids is 3. The van der Waals surface area contributed by atoms with E-state index in [2.05, 4.69) is 16.0 Å². The maximum absolute atomic E-state index is 13.7. The first-order valence-electron chi connectivity index (χ1n) is 19.2. The van der Waals surface area contributed by atoms with Crippen LogP contribution in [0.2, 0.25) is 0 Å². The fourth-order valence-corrected chi connectivity index (χ4v) is 6.29. The summed E-state index contributed by atoms with van der Waals surface area (Å²) in [7, 11) is 0. The summed E-state index contributed by atoms with van der Waals surface area (Å²) >= 11 is 0. The Labute approximate surface area is 324 Å². The van der Waals surface area contributed by atoms with Crippen LogP contribution in [-0.2, 0) is 30.4 Å². The van der Waals surface area contributed by atoms with Crippen molar-refractivity contribution in [3.63, 3.8) is 0 Å². The number of benzene rings is 2. The Morgan fingerprint density at radius 2 is 1.09 bits per heavy atom. The van der Waals surface area contributed by atoms with Gasteiger partial charge in [0.1, 0.15) is 0 Å². The van der Waals surface area contributed by atoms with E-state index in [1.807, 2.05) is 66.4 Å². The maximum Gasteiger partial charge on any atom is 0.317 e. The maximum atomic E-state index is 13.7. The molecule has 2 aromatic rings. The van der Waals surface area contributed by atoms with E-state index in [0.29, 0.717) is 84.7 Å². The Morgan fingerprint density at radius 3 is 1.58 bits per heavy atom. The van der Waals surface area contributed by atoms with Crippen molar-refractivity contribution in [2.24, 2.45) is 5.73 Å². The molecule has 2 atom stereocenters. The lowest BCUT2D eigenvalue weighted by molar-refractivity contribution is -0.140. The van der Waals surface area contributed by atoms with Crippen molar-refractivity contribution >= 4 is 29.7 Å². The number of nitrogens with zero attached hydrogens (tertiary/aromatic N) is 4. The molecule has 1 heterocycles. The Bertz CT molecular complexity index is 1450. The number of hydrogen-bond donors (Lipinski definition) is 7. The van der Waals surface area contributed by atoms with Gasteiger partial charge in [0, 0.05) is 72.1 Å². The molecule has 2 aromatic carbocycles. The van der Waals surface area contributed by atoms with Gasteiger partial charge >= 0.3 is 17.9 Å². The van der Waals surface area contributed by atoms with Crippen LogP contribution in [0.25, 0.3) is 11.1 Å². The number of nitrogens with two attached hydrogens (primary N) is 1. The van der Waals surface area contributed by atoms with Crippen molar-refractivity contribution in [2.75, 3.05) is 91.8 Å². The third kappa shape index (κ3) is 18.2. The average Bonchev–Trinajstić information content (AvgIpc) is 3.15. The van der Waals surface area contributed by atoms with Gasteiger partial charge in [0.15, 0.2) is 0 Å². The number of amides is 2. The van der Waals surface area contributed by atoms with Crippen LogP contribution in [0.5, 0.6) is 0 Å². The van der Waals surface area contributed by atoms with Crippen LogP contribution in [0.3, 0.4) is 0 Å². The monoisotopic (exact) mass is 768 g/mol. The minimum absolute atomic E-state index is 0.203. The third-order valence-electron chi connectivity index (χ3n) is 9.54. The topological polar surface area (TPSA) is 221 Å². The largest absolute Gasteiger partial charge is 0.480 e. The summed E-state index contributed by atoms with van der Waals surface area (Å²) in [5, 5.41) is 37.9. The molecule has 1 aliphatic heterocycles. The van der Waals surface area contributed by atoms with E-state index < -0.39 is 30.0 Å². The van der Waals surface area contributed by atoms with Gasteiger partial charge in [-0.2, -0.15) is 0 Å². The molecule has 1 aliphatic rings. The molecule has 0 saturated carbocycles. The molecule has 1 fully saturated rings. The lowest BCUT2D eigenvalue weighted by atomic mass is 10.0. The average molecular weight is 769 g/mol. The van der Waals surface area contributed by atoms with Crippen LogP contribution >= 0.6 is 0 Å². The zero-order chi connectivity index (χ0) is 40.0. The third-order valence-corrected chi connectivity index (χ3v) is 9.54.